The van der Waals surface area contributed by atoms with Crippen LogP contribution in [0.3, 0.4) is 0 Å². The first kappa shape index (κ1) is 18.0. The van der Waals surface area contributed by atoms with Gasteiger partial charge < -0.3 is 10.2 Å². The van der Waals surface area contributed by atoms with E-state index in [4.69, 9.17) is 5.11 Å². The second-order valence-electron chi connectivity index (χ2n) is 9.04. The molecule has 1 fully saturated rings. The minimum atomic E-state index is -0.153. The fourth-order valence-corrected chi connectivity index (χ4v) is 5.68. The van der Waals surface area contributed by atoms with Gasteiger partial charge in [0, 0.05) is 6.61 Å². The first-order valence-electron chi connectivity index (χ1n) is 9.16. The standard InChI is InChI=1S/C20H36O2/c1-14(10-11-21)6-8-17-15(2)7-9-18-19(3,4)12-16(22)13-20(17,18)5/h7,14,16-18,21-22H,6,8-13H2,1-5H3/t14-,16?,17-,18-,20+/m0/s1. The number of rotatable bonds is 5. The van der Waals surface area contributed by atoms with Crippen molar-refractivity contribution in [2.45, 2.75) is 79.2 Å². The lowest BCUT2D eigenvalue weighted by Gasteiger charge is -2.58. The van der Waals surface area contributed by atoms with Crippen molar-refractivity contribution in [3.05, 3.63) is 11.6 Å². The summed E-state index contributed by atoms with van der Waals surface area (Å²) in [7, 11) is 0. The van der Waals surface area contributed by atoms with Gasteiger partial charge in [-0.25, -0.2) is 0 Å². The number of hydrogen-bond donors (Lipinski definition) is 2. The molecule has 0 bridgehead atoms. The summed E-state index contributed by atoms with van der Waals surface area (Å²) < 4.78 is 0. The van der Waals surface area contributed by atoms with Crippen LogP contribution in [0, 0.1) is 28.6 Å². The zero-order chi connectivity index (χ0) is 16.5. The molecule has 2 aliphatic rings. The summed E-state index contributed by atoms with van der Waals surface area (Å²) in [5, 5.41) is 19.6. The van der Waals surface area contributed by atoms with E-state index in [0.29, 0.717) is 24.4 Å². The van der Waals surface area contributed by atoms with Gasteiger partial charge in [0.1, 0.15) is 0 Å². The molecule has 0 amide bonds. The van der Waals surface area contributed by atoms with E-state index < -0.39 is 0 Å². The van der Waals surface area contributed by atoms with Gasteiger partial charge in [-0.15, -0.1) is 0 Å². The first-order chi connectivity index (χ1) is 10.2. The monoisotopic (exact) mass is 308 g/mol. The zero-order valence-electron chi connectivity index (χ0n) is 15.2. The van der Waals surface area contributed by atoms with Crippen LogP contribution in [0.15, 0.2) is 11.6 Å². The van der Waals surface area contributed by atoms with Gasteiger partial charge in [-0.2, -0.15) is 0 Å². The van der Waals surface area contributed by atoms with Crippen LogP contribution in [0.1, 0.15) is 73.1 Å². The van der Waals surface area contributed by atoms with Gasteiger partial charge in [0.25, 0.3) is 0 Å². The third-order valence-corrected chi connectivity index (χ3v) is 6.77. The fraction of sp³-hybridized carbons (Fsp3) is 0.900. The minimum absolute atomic E-state index is 0.153. The van der Waals surface area contributed by atoms with Gasteiger partial charge in [-0.3, -0.25) is 0 Å². The smallest absolute Gasteiger partial charge is 0.0551 e. The Morgan fingerprint density at radius 3 is 2.55 bits per heavy atom. The van der Waals surface area contributed by atoms with Crippen molar-refractivity contribution in [2.24, 2.45) is 28.6 Å². The molecular formula is C20H36O2. The number of aliphatic hydroxyl groups is 2. The second-order valence-corrected chi connectivity index (χ2v) is 9.04. The largest absolute Gasteiger partial charge is 0.396 e. The lowest BCUT2D eigenvalue weighted by atomic mass is 9.47. The molecule has 0 aromatic heterocycles. The van der Waals surface area contributed by atoms with E-state index in [-0.39, 0.29) is 16.9 Å². The van der Waals surface area contributed by atoms with Crippen LogP contribution in [0.2, 0.25) is 0 Å². The Hall–Kier alpha value is -0.340. The first-order valence-corrected chi connectivity index (χ1v) is 9.16. The molecule has 0 saturated heterocycles. The van der Waals surface area contributed by atoms with E-state index in [2.05, 4.69) is 40.7 Å². The Balaban J connectivity index is 2.20. The summed E-state index contributed by atoms with van der Waals surface area (Å²) in [4.78, 5) is 0. The second kappa shape index (κ2) is 6.65. The molecule has 22 heavy (non-hydrogen) atoms. The summed E-state index contributed by atoms with van der Waals surface area (Å²) in [6, 6.07) is 0. The normalized spacial score (nSPS) is 39.0. The van der Waals surface area contributed by atoms with Gasteiger partial charge >= 0.3 is 0 Å². The molecule has 1 saturated carbocycles. The highest BCUT2D eigenvalue weighted by molar-refractivity contribution is 5.19. The molecule has 2 nitrogen and oxygen atoms in total. The molecule has 0 spiro atoms. The topological polar surface area (TPSA) is 40.5 Å². The van der Waals surface area contributed by atoms with E-state index in [0.717, 1.165) is 19.3 Å². The predicted molar refractivity (Wildman–Crippen MR) is 92.6 cm³/mol. The molecule has 0 aliphatic heterocycles. The molecule has 2 N–H and O–H groups in total. The quantitative estimate of drug-likeness (QED) is 0.731. The van der Waals surface area contributed by atoms with Gasteiger partial charge in [-0.1, -0.05) is 45.8 Å². The lowest BCUT2D eigenvalue weighted by molar-refractivity contribution is -0.0960. The molecule has 128 valence electrons. The number of aliphatic hydroxyl groups excluding tert-OH is 2. The summed E-state index contributed by atoms with van der Waals surface area (Å²) in [5.41, 5.74) is 1.97. The highest BCUT2D eigenvalue weighted by Gasteiger charge is 2.53. The molecule has 5 atom stereocenters. The SMILES string of the molecule is CC1=CC[C@H]2C(C)(C)CC(O)C[C@]2(C)[C@H]1CC[C@H](C)CCO. The summed E-state index contributed by atoms with van der Waals surface area (Å²) in [5.74, 6) is 1.84. The third-order valence-electron chi connectivity index (χ3n) is 6.77. The van der Waals surface area contributed by atoms with Crippen LogP contribution < -0.4 is 0 Å². The average molecular weight is 309 g/mol. The van der Waals surface area contributed by atoms with Crippen molar-refractivity contribution in [1.29, 1.82) is 0 Å². The van der Waals surface area contributed by atoms with Crippen LogP contribution in [-0.4, -0.2) is 22.9 Å². The maximum atomic E-state index is 10.5. The molecule has 0 aromatic carbocycles. The maximum absolute atomic E-state index is 10.5. The molecule has 0 heterocycles. The highest BCUT2D eigenvalue weighted by Crippen LogP contribution is 2.60. The van der Waals surface area contributed by atoms with Crippen molar-refractivity contribution in [3.8, 4) is 0 Å². The van der Waals surface area contributed by atoms with Crippen molar-refractivity contribution in [1.82, 2.24) is 0 Å². The Bertz CT molecular complexity index is 412. The third kappa shape index (κ3) is 3.43. The van der Waals surface area contributed by atoms with E-state index in [1.807, 2.05) is 0 Å². The van der Waals surface area contributed by atoms with Crippen LogP contribution >= 0.6 is 0 Å². The van der Waals surface area contributed by atoms with Crippen molar-refractivity contribution >= 4 is 0 Å². The van der Waals surface area contributed by atoms with E-state index in [1.165, 1.54) is 24.8 Å². The Morgan fingerprint density at radius 1 is 1.23 bits per heavy atom. The Kier molecular flexibility index (Phi) is 5.44. The van der Waals surface area contributed by atoms with Crippen LogP contribution in [0.5, 0.6) is 0 Å². The van der Waals surface area contributed by atoms with E-state index in [1.54, 1.807) is 0 Å². The highest BCUT2D eigenvalue weighted by atomic mass is 16.3. The van der Waals surface area contributed by atoms with Crippen molar-refractivity contribution in [3.63, 3.8) is 0 Å². The molecule has 0 aromatic rings. The van der Waals surface area contributed by atoms with Crippen LogP contribution in [0.4, 0.5) is 0 Å². The average Bonchev–Trinajstić information content (AvgIpc) is 2.35. The molecule has 1 unspecified atom stereocenters. The number of allylic oxidation sites excluding steroid dienone is 2. The predicted octanol–water partition coefficient (Wildman–Crippen LogP) is 4.55. The zero-order valence-corrected chi connectivity index (χ0v) is 15.2. The lowest BCUT2D eigenvalue weighted by Crippen LogP contribution is -2.52. The number of fused-ring (bicyclic) bond motifs is 1. The molecule has 2 aliphatic carbocycles. The summed E-state index contributed by atoms with van der Waals surface area (Å²) in [6.45, 7) is 12.0. The van der Waals surface area contributed by atoms with E-state index >= 15 is 0 Å². The van der Waals surface area contributed by atoms with Crippen molar-refractivity contribution < 1.29 is 10.2 Å². The van der Waals surface area contributed by atoms with Gasteiger partial charge in [0.2, 0.25) is 0 Å². The Labute approximate surface area is 137 Å². The Morgan fingerprint density at radius 2 is 1.91 bits per heavy atom. The van der Waals surface area contributed by atoms with Gasteiger partial charge in [0.15, 0.2) is 0 Å². The van der Waals surface area contributed by atoms with E-state index in [9.17, 15) is 5.11 Å². The van der Waals surface area contributed by atoms with Crippen molar-refractivity contribution in [2.75, 3.05) is 6.61 Å². The molecule has 2 heteroatoms. The molecule has 2 rings (SSSR count). The fourth-order valence-electron chi connectivity index (χ4n) is 5.68. The van der Waals surface area contributed by atoms with Gasteiger partial charge in [0.05, 0.1) is 6.10 Å². The summed E-state index contributed by atoms with van der Waals surface area (Å²) >= 11 is 0. The maximum Gasteiger partial charge on any atom is 0.0551 e. The number of hydrogen-bond acceptors (Lipinski definition) is 2. The molecule has 0 radical (unpaired) electrons. The van der Waals surface area contributed by atoms with Gasteiger partial charge in [-0.05, 0) is 67.6 Å². The summed E-state index contributed by atoms with van der Waals surface area (Å²) in [6.07, 6.45) is 8.65. The minimum Gasteiger partial charge on any atom is -0.396 e. The molecular weight excluding hydrogens is 272 g/mol. The van der Waals surface area contributed by atoms with Crippen LogP contribution in [0.25, 0.3) is 0 Å². The van der Waals surface area contributed by atoms with Crippen LogP contribution in [-0.2, 0) is 0 Å².